The number of aliphatic hydroxyl groups is 2. The molecule has 9 heteroatoms. The summed E-state index contributed by atoms with van der Waals surface area (Å²) in [5, 5.41) is 22.6. The average molecular weight is 590 g/mol. The zero-order valence-corrected chi connectivity index (χ0v) is 25.4. The van der Waals surface area contributed by atoms with Crippen molar-refractivity contribution in [1.82, 2.24) is 4.98 Å². The molecule has 0 saturated carbocycles. The van der Waals surface area contributed by atoms with Crippen LogP contribution in [0, 0.1) is 11.3 Å². The molecule has 0 bridgehead atoms. The number of allylic oxidation sites excluding steroid dienone is 2. The van der Waals surface area contributed by atoms with Crippen molar-refractivity contribution in [3.05, 3.63) is 64.0 Å². The van der Waals surface area contributed by atoms with Crippen LogP contribution in [0.3, 0.4) is 0 Å². The SMILES string of the molecule is CC(C)c1nc2c(c(C3=CCCC3)c1C(O)c1ccc(S(F)(F)(F)(F)F)cc1)C(O)CC(C)(C)C2.CCC(C)C. The van der Waals surface area contributed by atoms with E-state index in [0.29, 0.717) is 47.4 Å². The van der Waals surface area contributed by atoms with Gasteiger partial charge in [0.25, 0.3) is 0 Å². The molecule has 4 rings (SSSR count). The van der Waals surface area contributed by atoms with Crippen molar-refractivity contribution in [3.63, 3.8) is 0 Å². The van der Waals surface area contributed by atoms with Crippen LogP contribution in [0.4, 0.5) is 19.4 Å². The van der Waals surface area contributed by atoms with Crippen LogP contribution in [0.5, 0.6) is 0 Å². The van der Waals surface area contributed by atoms with Crippen LogP contribution < -0.4 is 0 Å². The van der Waals surface area contributed by atoms with Crippen molar-refractivity contribution in [2.75, 3.05) is 0 Å². The predicted octanol–water partition coefficient (Wildman–Crippen LogP) is 10.6. The molecule has 1 heterocycles. The van der Waals surface area contributed by atoms with Crippen LogP contribution in [0.2, 0.25) is 0 Å². The molecule has 0 radical (unpaired) electrons. The molecule has 0 saturated heterocycles. The lowest BCUT2D eigenvalue weighted by Crippen LogP contribution is -2.29. The third-order valence-electron chi connectivity index (χ3n) is 7.75. The topological polar surface area (TPSA) is 53.4 Å². The average Bonchev–Trinajstić information content (AvgIpc) is 3.35. The van der Waals surface area contributed by atoms with E-state index in [9.17, 15) is 29.6 Å². The van der Waals surface area contributed by atoms with E-state index in [1.807, 2.05) is 13.8 Å². The Balaban J connectivity index is 0.000000810. The number of aromatic nitrogens is 1. The molecule has 226 valence electrons. The maximum atomic E-state index is 13.2. The van der Waals surface area contributed by atoms with Gasteiger partial charge in [-0.15, -0.1) is 0 Å². The maximum absolute atomic E-state index is 13.2. The predicted molar refractivity (Wildman–Crippen MR) is 154 cm³/mol. The summed E-state index contributed by atoms with van der Waals surface area (Å²) < 4.78 is 66.1. The normalized spacial score (nSPS) is 21.2. The highest BCUT2D eigenvalue weighted by Gasteiger charge is 2.65. The number of hydrogen-bond donors (Lipinski definition) is 2. The molecule has 2 unspecified atom stereocenters. The lowest BCUT2D eigenvalue weighted by molar-refractivity contribution is 0.0972. The minimum atomic E-state index is -9.83. The molecule has 1 aromatic carbocycles. The summed E-state index contributed by atoms with van der Waals surface area (Å²) in [5.41, 5.74) is 4.05. The van der Waals surface area contributed by atoms with Crippen LogP contribution in [0.25, 0.3) is 5.57 Å². The first kappa shape index (κ1) is 32.5. The number of rotatable bonds is 6. The van der Waals surface area contributed by atoms with Gasteiger partial charge in [0.1, 0.15) is 11.0 Å². The zero-order valence-electron chi connectivity index (χ0n) is 24.6. The van der Waals surface area contributed by atoms with E-state index in [2.05, 4.69) is 40.7 Å². The number of benzene rings is 1. The highest BCUT2D eigenvalue weighted by atomic mass is 32.5. The van der Waals surface area contributed by atoms with Crippen molar-refractivity contribution < 1.29 is 29.6 Å². The molecule has 3 nitrogen and oxygen atoms in total. The van der Waals surface area contributed by atoms with Crippen LogP contribution >= 0.6 is 10.2 Å². The van der Waals surface area contributed by atoms with Gasteiger partial charge in [-0.3, -0.25) is 4.98 Å². The molecule has 2 atom stereocenters. The third-order valence-corrected chi connectivity index (χ3v) is 8.91. The molecule has 0 spiro atoms. The monoisotopic (exact) mass is 589 g/mol. The molecule has 40 heavy (non-hydrogen) atoms. The van der Waals surface area contributed by atoms with Gasteiger partial charge in [-0.2, -0.15) is 0 Å². The summed E-state index contributed by atoms with van der Waals surface area (Å²) in [5.74, 6) is 0.756. The molecule has 0 aliphatic heterocycles. The van der Waals surface area contributed by atoms with Crippen LogP contribution in [0.1, 0.15) is 132 Å². The number of nitrogens with zero attached hydrogens (tertiary/aromatic N) is 1. The molecule has 2 aliphatic rings. The van der Waals surface area contributed by atoms with E-state index in [0.717, 1.165) is 48.6 Å². The Bertz CT molecular complexity index is 1250. The Morgan fingerprint density at radius 3 is 2.05 bits per heavy atom. The van der Waals surface area contributed by atoms with E-state index in [1.165, 1.54) is 6.42 Å². The summed E-state index contributed by atoms with van der Waals surface area (Å²) >= 11 is 0. The number of halogens is 5. The lowest BCUT2D eigenvalue weighted by Gasteiger charge is -2.40. The van der Waals surface area contributed by atoms with E-state index >= 15 is 0 Å². The summed E-state index contributed by atoms with van der Waals surface area (Å²) in [6.45, 7) is 14.6. The molecular formula is C31H44F5NO2S. The molecule has 2 aromatic rings. The van der Waals surface area contributed by atoms with Gasteiger partial charge in [0, 0.05) is 22.5 Å². The summed E-state index contributed by atoms with van der Waals surface area (Å²) in [6.07, 6.45) is 4.84. The van der Waals surface area contributed by atoms with Gasteiger partial charge < -0.3 is 10.2 Å². The third kappa shape index (κ3) is 7.45. The number of fused-ring (bicyclic) bond motifs is 1. The number of pyridine rings is 1. The Kier molecular flexibility index (Phi) is 8.70. The van der Waals surface area contributed by atoms with Crippen molar-refractivity contribution in [2.24, 2.45) is 11.3 Å². The highest BCUT2D eigenvalue weighted by Crippen LogP contribution is 3.02. The van der Waals surface area contributed by atoms with E-state index in [4.69, 9.17) is 4.98 Å². The van der Waals surface area contributed by atoms with Gasteiger partial charge in [0.15, 0.2) is 0 Å². The second-order valence-electron chi connectivity index (χ2n) is 12.7. The Morgan fingerprint density at radius 2 is 1.60 bits per heavy atom. The Labute approximate surface area is 235 Å². The minimum Gasteiger partial charge on any atom is -0.388 e. The first-order valence-electron chi connectivity index (χ1n) is 14.1. The summed E-state index contributed by atoms with van der Waals surface area (Å²) in [7, 11) is -9.83. The largest absolute Gasteiger partial charge is 0.388 e. The fraction of sp³-hybridized carbons (Fsp3) is 0.581. The quantitative estimate of drug-likeness (QED) is 0.330. The molecule has 1 aromatic heterocycles. The van der Waals surface area contributed by atoms with Crippen molar-refractivity contribution in [1.29, 1.82) is 0 Å². The van der Waals surface area contributed by atoms with E-state index < -0.39 is 27.3 Å². The molecule has 2 aliphatic carbocycles. The van der Waals surface area contributed by atoms with Crippen molar-refractivity contribution in [2.45, 2.75) is 110 Å². The van der Waals surface area contributed by atoms with Crippen molar-refractivity contribution in [3.8, 4) is 0 Å². The first-order chi connectivity index (χ1) is 18.1. The van der Waals surface area contributed by atoms with Gasteiger partial charge in [-0.05, 0) is 78.2 Å². The van der Waals surface area contributed by atoms with Crippen LogP contribution in [-0.2, 0) is 6.42 Å². The van der Waals surface area contributed by atoms with E-state index in [-0.39, 0.29) is 16.9 Å². The summed E-state index contributed by atoms with van der Waals surface area (Å²) in [6, 6.07) is 2.45. The van der Waals surface area contributed by atoms with Crippen LogP contribution in [-0.4, -0.2) is 15.2 Å². The minimum absolute atomic E-state index is 0.0599. The molecular weight excluding hydrogens is 545 g/mol. The number of aliphatic hydroxyl groups excluding tert-OH is 2. The maximum Gasteiger partial charge on any atom is 0.310 e. The fourth-order valence-corrected chi connectivity index (χ4v) is 6.01. The molecule has 0 fully saturated rings. The van der Waals surface area contributed by atoms with E-state index in [1.54, 1.807) is 0 Å². The smallest absolute Gasteiger partial charge is 0.310 e. The highest BCUT2D eigenvalue weighted by molar-refractivity contribution is 8.45. The summed E-state index contributed by atoms with van der Waals surface area (Å²) in [4.78, 5) is 2.88. The van der Waals surface area contributed by atoms with Crippen LogP contribution in [0.15, 0.2) is 35.2 Å². The standard InChI is InChI=1S/C26H32F5NO2S.C5H12/c1-15(2)24-23(25(34)17-9-11-18(12-10-17)35(27,28,29,30)31)21(16-7-5-6-8-16)22-19(32-24)13-26(3,4)14-20(22)33;1-4-5(2)3/h7,9-12,15,20,25,33-34H,5-6,8,13-14H2,1-4H3;5H,4H2,1-3H3. The van der Waals surface area contributed by atoms with Gasteiger partial charge in [0.2, 0.25) is 0 Å². The number of hydrogen-bond acceptors (Lipinski definition) is 3. The molecule has 0 amide bonds. The Hall–Kier alpha value is -1.97. The van der Waals surface area contributed by atoms with Gasteiger partial charge in [0.05, 0.1) is 6.10 Å². The van der Waals surface area contributed by atoms with Gasteiger partial charge in [-0.1, -0.05) is 92.5 Å². The fourth-order valence-electron chi connectivity index (χ4n) is 5.36. The second-order valence-corrected chi connectivity index (χ2v) is 15.1. The zero-order chi connectivity index (χ0) is 30.3. The second kappa shape index (κ2) is 10.7. The Morgan fingerprint density at radius 1 is 1.02 bits per heavy atom. The van der Waals surface area contributed by atoms with Crippen molar-refractivity contribution >= 4 is 15.8 Å². The van der Waals surface area contributed by atoms with Gasteiger partial charge in [-0.25, -0.2) is 0 Å². The lowest BCUT2D eigenvalue weighted by atomic mass is 9.71. The van der Waals surface area contributed by atoms with Gasteiger partial charge >= 0.3 is 10.2 Å². The first-order valence-corrected chi connectivity index (χ1v) is 16.1. The molecule has 2 N–H and O–H groups in total.